The number of rotatable bonds is 8. The van der Waals surface area contributed by atoms with Crippen LogP contribution in [0.2, 0.25) is 0 Å². The van der Waals surface area contributed by atoms with E-state index in [0.29, 0.717) is 24.2 Å². The second kappa shape index (κ2) is 11.3. The highest BCUT2D eigenvalue weighted by atomic mass is 32.2. The Balaban J connectivity index is 1.54. The average Bonchev–Trinajstić information content (AvgIpc) is 2.94. The third-order valence-corrected chi connectivity index (χ3v) is 8.65. The Morgan fingerprint density at radius 2 is 1.79 bits per heavy atom. The first kappa shape index (κ1) is 28.5. The number of fused-ring (bicyclic) bond motifs is 1. The Morgan fingerprint density at radius 3 is 2.36 bits per heavy atom. The SMILES string of the molecule is CCC1CN(c2ncc(C(F)(F)F)cn2)Cc2cc(C(=O)NC(CO)c3ccc(S(=O)(=O)CC)cc3)ccc21. The number of amides is 1. The molecule has 0 aliphatic carbocycles. The second-order valence-electron chi connectivity index (χ2n) is 9.35. The molecule has 3 aromatic rings. The van der Waals surface area contributed by atoms with Crippen molar-refractivity contribution >= 4 is 21.7 Å². The molecule has 0 saturated heterocycles. The number of hydrogen-bond acceptors (Lipinski definition) is 7. The molecule has 4 rings (SSSR count). The smallest absolute Gasteiger partial charge is 0.394 e. The molecule has 0 bridgehead atoms. The maximum atomic E-state index is 13.1. The van der Waals surface area contributed by atoms with Gasteiger partial charge in [-0.1, -0.05) is 32.0 Å². The number of anilines is 1. The van der Waals surface area contributed by atoms with E-state index in [1.807, 2.05) is 13.0 Å². The first-order valence-corrected chi connectivity index (χ1v) is 14.1. The summed E-state index contributed by atoms with van der Waals surface area (Å²) >= 11 is 0. The maximum Gasteiger partial charge on any atom is 0.419 e. The Kier molecular flexibility index (Phi) is 8.26. The predicted octanol–water partition coefficient (Wildman–Crippen LogP) is 4.27. The van der Waals surface area contributed by atoms with E-state index in [0.717, 1.165) is 29.9 Å². The summed E-state index contributed by atoms with van der Waals surface area (Å²) in [5, 5.41) is 12.7. The van der Waals surface area contributed by atoms with Gasteiger partial charge in [0, 0.05) is 37.0 Å². The highest BCUT2D eigenvalue weighted by Crippen LogP contribution is 2.34. The van der Waals surface area contributed by atoms with Crippen molar-refractivity contribution < 1.29 is 31.5 Å². The van der Waals surface area contributed by atoms with E-state index in [1.54, 1.807) is 36.1 Å². The minimum atomic E-state index is -4.52. The lowest BCUT2D eigenvalue weighted by Crippen LogP contribution is -2.35. The second-order valence-corrected chi connectivity index (χ2v) is 11.6. The fourth-order valence-electron chi connectivity index (χ4n) is 4.60. The molecule has 0 saturated carbocycles. The van der Waals surface area contributed by atoms with E-state index in [2.05, 4.69) is 15.3 Å². The van der Waals surface area contributed by atoms with Crippen molar-refractivity contribution in [3.63, 3.8) is 0 Å². The zero-order valence-electron chi connectivity index (χ0n) is 21.4. The Hall–Kier alpha value is -3.51. The number of alkyl halides is 3. The topological polar surface area (TPSA) is 112 Å². The van der Waals surface area contributed by atoms with E-state index in [4.69, 9.17) is 0 Å². The van der Waals surface area contributed by atoms with Crippen LogP contribution in [0.4, 0.5) is 19.1 Å². The van der Waals surface area contributed by atoms with Gasteiger partial charge in [-0.05, 0) is 47.4 Å². The molecule has 39 heavy (non-hydrogen) atoms. The number of sulfone groups is 1. The van der Waals surface area contributed by atoms with Gasteiger partial charge in [0.2, 0.25) is 5.95 Å². The number of aliphatic hydroxyl groups excluding tert-OH is 1. The van der Waals surface area contributed by atoms with E-state index in [-0.39, 0.29) is 22.5 Å². The third-order valence-electron chi connectivity index (χ3n) is 6.90. The van der Waals surface area contributed by atoms with Crippen molar-refractivity contribution in [2.45, 2.75) is 49.8 Å². The van der Waals surface area contributed by atoms with E-state index < -0.39 is 40.1 Å². The summed E-state index contributed by atoms with van der Waals surface area (Å²) in [6.07, 6.45) is -2.22. The fraction of sp³-hybridized carbons (Fsp3) is 0.370. The molecule has 1 aliphatic rings. The molecule has 208 valence electrons. The van der Waals surface area contributed by atoms with Gasteiger partial charge in [-0.25, -0.2) is 18.4 Å². The minimum Gasteiger partial charge on any atom is -0.394 e. The normalized spacial score (nSPS) is 16.5. The van der Waals surface area contributed by atoms with Crippen LogP contribution in [0.15, 0.2) is 59.8 Å². The number of hydrogen-bond donors (Lipinski definition) is 2. The van der Waals surface area contributed by atoms with Crippen molar-refractivity contribution in [1.29, 1.82) is 0 Å². The quantitative estimate of drug-likeness (QED) is 0.422. The Labute approximate surface area is 224 Å². The van der Waals surface area contributed by atoms with Crippen molar-refractivity contribution in [2.24, 2.45) is 0 Å². The largest absolute Gasteiger partial charge is 0.419 e. The molecule has 2 N–H and O–H groups in total. The van der Waals surface area contributed by atoms with Crippen LogP contribution >= 0.6 is 0 Å². The van der Waals surface area contributed by atoms with Crippen LogP contribution in [0, 0.1) is 0 Å². The van der Waals surface area contributed by atoms with Gasteiger partial charge in [0.1, 0.15) is 0 Å². The number of carbonyl (C=O) groups excluding carboxylic acids is 1. The van der Waals surface area contributed by atoms with Crippen LogP contribution in [-0.4, -0.2) is 48.3 Å². The lowest BCUT2D eigenvalue weighted by atomic mass is 9.87. The van der Waals surface area contributed by atoms with Crippen molar-refractivity contribution in [2.75, 3.05) is 23.8 Å². The monoisotopic (exact) mass is 562 g/mol. The van der Waals surface area contributed by atoms with Crippen molar-refractivity contribution in [3.05, 3.63) is 82.7 Å². The van der Waals surface area contributed by atoms with Crippen LogP contribution in [0.5, 0.6) is 0 Å². The molecule has 1 amide bonds. The number of nitrogens with zero attached hydrogens (tertiary/aromatic N) is 3. The Bertz CT molecular complexity index is 1430. The highest BCUT2D eigenvalue weighted by molar-refractivity contribution is 7.91. The summed E-state index contributed by atoms with van der Waals surface area (Å²) in [5.41, 5.74) is 1.86. The van der Waals surface area contributed by atoms with Crippen molar-refractivity contribution in [1.82, 2.24) is 15.3 Å². The van der Waals surface area contributed by atoms with Crippen LogP contribution in [0.3, 0.4) is 0 Å². The van der Waals surface area contributed by atoms with E-state index >= 15 is 0 Å². The highest BCUT2D eigenvalue weighted by Gasteiger charge is 2.32. The molecule has 2 atom stereocenters. The summed E-state index contributed by atoms with van der Waals surface area (Å²) in [6.45, 7) is 4.01. The van der Waals surface area contributed by atoms with Crippen molar-refractivity contribution in [3.8, 4) is 0 Å². The zero-order chi connectivity index (χ0) is 28.4. The van der Waals surface area contributed by atoms with Crippen LogP contribution in [0.25, 0.3) is 0 Å². The number of nitrogens with one attached hydrogen (secondary N) is 1. The first-order chi connectivity index (χ1) is 18.5. The fourth-order valence-corrected chi connectivity index (χ4v) is 5.48. The van der Waals surface area contributed by atoms with Gasteiger partial charge in [0.05, 0.1) is 28.9 Å². The summed E-state index contributed by atoms with van der Waals surface area (Å²) in [7, 11) is -3.38. The molecule has 1 aromatic heterocycles. The summed E-state index contributed by atoms with van der Waals surface area (Å²) in [6, 6.07) is 10.6. The predicted molar refractivity (Wildman–Crippen MR) is 139 cm³/mol. The molecule has 2 unspecified atom stereocenters. The molecule has 0 spiro atoms. The molecular formula is C27H29F3N4O4S. The molecule has 8 nitrogen and oxygen atoms in total. The third kappa shape index (κ3) is 6.22. The number of aliphatic hydroxyl groups is 1. The van der Waals surface area contributed by atoms with Crippen LogP contribution in [0.1, 0.15) is 64.8 Å². The van der Waals surface area contributed by atoms with Gasteiger partial charge >= 0.3 is 6.18 Å². The lowest BCUT2D eigenvalue weighted by molar-refractivity contribution is -0.138. The maximum absolute atomic E-state index is 13.1. The number of aromatic nitrogens is 2. The molecular weight excluding hydrogens is 533 g/mol. The lowest BCUT2D eigenvalue weighted by Gasteiger charge is -2.34. The van der Waals surface area contributed by atoms with Gasteiger partial charge in [0.25, 0.3) is 5.91 Å². The summed E-state index contributed by atoms with van der Waals surface area (Å²) < 4.78 is 62.9. The van der Waals surface area contributed by atoms with Gasteiger partial charge < -0.3 is 15.3 Å². The molecule has 2 aromatic carbocycles. The van der Waals surface area contributed by atoms with Gasteiger partial charge in [0.15, 0.2) is 9.84 Å². The molecule has 0 radical (unpaired) electrons. The molecule has 0 fully saturated rings. The van der Waals surface area contributed by atoms with Crippen LogP contribution in [-0.2, 0) is 22.6 Å². The first-order valence-electron chi connectivity index (χ1n) is 12.5. The molecule has 1 aliphatic heterocycles. The Morgan fingerprint density at radius 1 is 1.13 bits per heavy atom. The van der Waals surface area contributed by atoms with Gasteiger partial charge in [-0.2, -0.15) is 13.2 Å². The number of benzene rings is 2. The van der Waals surface area contributed by atoms with E-state index in [1.165, 1.54) is 12.1 Å². The van der Waals surface area contributed by atoms with Gasteiger partial charge in [-0.3, -0.25) is 4.79 Å². The molecule has 12 heteroatoms. The zero-order valence-corrected chi connectivity index (χ0v) is 22.3. The average molecular weight is 563 g/mol. The van der Waals surface area contributed by atoms with E-state index in [9.17, 15) is 31.5 Å². The van der Waals surface area contributed by atoms with Gasteiger partial charge in [-0.15, -0.1) is 0 Å². The number of carbonyl (C=O) groups is 1. The van der Waals surface area contributed by atoms with Crippen LogP contribution < -0.4 is 10.2 Å². The minimum absolute atomic E-state index is 0.0356. The number of halogens is 3. The molecule has 2 heterocycles. The summed E-state index contributed by atoms with van der Waals surface area (Å²) in [4.78, 5) is 22.9. The summed E-state index contributed by atoms with van der Waals surface area (Å²) in [5.74, 6) is -0.222. The standard InChI is InChI=1S/C27H29F3N4O4S/c1-3-17-14-34(26-31-12-21(13-32-26)27(28,29)30)15-20-11-19(7-10-23(17)20)25(36)33-24(16-35)18-5-8-22(9-6-18)39(37,38)4-2/h5-13,17,24,35H,3-4,14-16H2,1-2H3,(H,33,36).